The molecule has 0 saturated carbocycles. The van der Waals surface area contributed by atoms with Crippen LogP contribution in [0.5, 0.6) is 0 Å². The van der Waals surface area contributed by atoms with Crippen molar-refractivity contribution in [2.24, 2.45) is 5.41 Å². The number of carbonyl (C=O) groups excluding carboxylic acids is 2. The normalized spacial score (nSPS) is 18.8. The Morgan fingerprint density at radius 2 is 1.87 bits per heavy atom. The number of rotatable bonds is 2. The van der Waals surface area contributed by atoms with Crippen LogP contribution in [-0.4, -0.2) is 44.7 Å². The quantitative estimate of drug-likeness (QED) is 0.800. The number of benzene rings is 1. The Hall–Kier alpha value is -3.03. The van der Waals surface area contributed by atoms with E-state index in [-0.39, 0.29) is 30.0 Å². The van der Waals surface area contributed by atoms with E-state index < -0.39 is 11.2 Å². The summed E-state index contributed by atoms with van der Waals surface area (Å²) in [6.45, 7) is 6.90. The summed E-state index contributed by atoms with van der Waals surface area (Å²) in [7, 11) is 0. The maximum atomic E-state index is 13.1. The first kappa shape index (κ1) is 21.2. The summed E-state index contributed by atoms with van der Waals surface area (Å²) in [6, 6.07) is 5.15. The second-order valence-corrected chi connectivity index (χ2v) is 9.27. The standard InChI is InChI=1S/C23H27FN4O3/c1-23(2,3)22(31)28-11-4-5-18(28)19-25-17-10-12-27(13-16(17)20(29)26-19)21(30)14-6-8-15(24)9-7-14/h6-9,18H,4-5,10-13H2,1-3H3,(H,25,26,29). The van der Waals surface area contributed by atoms with Gasteiger partial charge in [-0.1, -0.05) is 20.8 Å². The van der Waals surface area contributed by atoms with Gasteiger partial charge in [0.25, 0.3) is 11.5 Å². The number of fused-ring (bicyclic) bond motifs is 1. The zero-order valence-corrected chi connectivity index (χ0v) is 18.1. The van der Waals surface area contributed by atoms with E-state index in [0.717, 1.165) is 12.8 Å². The van der Waals surface area contributed by atoms with Crippen LogP contribution in [-0.2, 0) is 17.8 Å². The summed E-state index contributed by atoms with van der Waals surface area (Å²) in [5, 5.41) is 0. The lowest BCUT2D eigenvalue weighted by Crippen LogP contribution is -2.42. The molecule has 0 spiro atoms. The Balaban J connectivity index is 1.57. The van der Waals surface area contributed by atoms with Gasteiger partial charge in [0.2, 0.25) is 5.91 Å². The van der Waals surface area contributed by atoms with Crippen molar-refractivity contribution in [3.8, 4) is 0 Å². The summed E-state index contributed by atoms with van der Waals surface area (Å²) in [4.78, 5) is 49.4. The summed E-state index contributed by atoms with van der Waals surface area (Å²) >= 11 is 0. The molecule has 0 aliphatic carbocycles. The van der Waals surface area contributed by atoms with Crippen molar-refractivity contribution >= 4 is 11.8 Å². The molecular formula is C23H27FN4O3. The van der Waals surface area contributed by atoms with Gasteiger partial charge in [0, 0.05) is 30.5 Å². The topological polar surface area (TPSA) is 86.4 Å². The predicted octanol–water partition coefficient (Wildman–Crippen LogP) is 2.82. The number of hydrogen-bond acceptors (Lipinski definition) is 4. The molecule has 0 radical (unpaired) electrons. The third-order valence-corrected chi connectivity index (χ3v) is 5.94. The number of H-pyrrole nitrogens is 1. The van der Waals surface area contributed by atoms with Gasteiger partial charge in [0.1, 0.15) is 11.6 Å². The van der Waals surface area contributed by atoms with Gasteiger partial charge in [0.15, 0.2) is 0 Å². The monoisotopic (exact) mass is 426 g/mol. The zero-order chi connectivity index (χ0) is 22.3. The van der Waals surface area contributed by atoms with Crippen LogP contribution in [0.3, 0.4) is 0 Å². The summed E-state index contributed by atoms with van der Waals surface area (Å²) in [5.41, 5.74) is 0.757. The molecule has 1 N–H and O–H groups in total. The molecule has 2 aliphatic heterocycles. The second-order valence-electron chi connectivity index (χ2n) is 9.27. The van der Waals surface area contributed by atoms with E-state index in [9.17, 15) is 18.8 Å². The second kappa shape index (κ2) is 7.90. The Bertz CT molecular complexity index is 1070. The molecule has 0 bridgehead atoms. The van der Waals surface area contributed by atoms with Gasteiger partial charge in [-0.3, -0.25) is 14.4 Å². The Labute approximate surface area is 180 Å². The molecule has 4 rings (SSSR count). The lowest BCUT2D eigenvalue weighted by atomic mass is 9.94. The molecule has 1 aromatic carbocycles. The van der Waals surface area contributed by atoms with Gasteiger partial charge in [0.05, 0.1) is 23.8 Å². The third kappa shape index (κ3) is 4.11. The van der Waals surface area contributed by atoms with Crippen molar-refractivity contribution in [3.05, 3.63) is 63.1 Å². The van der Waals surface area contributed by atoms with Crippen molar-refractivity contribution < 1.29 is 14.0 Å². The molecule has 164 valence electrons. The fourth-order valence-electron chi connectivity index (χ4n) is 4.28. The van der Waals surface area contributed by atoms with Crippen LogP contribution in [0.25, 0.3) is 0 Å². The summed E-state index contributed by atoms with van der Waals surface area (Å²) < 4.78 is 13.1. The van der Waals surface area contributed by atoms with E-state index in [4.69, 9.17) is 4.98 Å². The maximum absolute atomic E-state index is 13.1. The first-order chi connectivity index (χ1) is 14.6. The number of halogens is 1. The average molecular weight is 426 g/mol. The SMILES string of the molecule is CC(C)(C)C(=O)N1CCCC1c1nc2c(c(=O)[nH]1)CN(C(=O)c1ccc(F)cc1)CC2. The van der Waals surface area contributed by atoms with Crippen molar-refractivity contribution in [3.63, 3.8) is 0 Å². The van der Waals surface area contributed by atoms with Crippen LogP contribution in [0.1, 0.15) is 67.1 Å². The largest absolute Gasteiger partial charge is 0.334 e. The summed E-state index contributed by atoms with van der Waals surface area (Å²) in [6.07, 6.45) is 2.09. The third-order valence-electron chi connectivity index (χ3n) is 5.94. The van der Waals surface area contributed by atoms with E-state index in [2.05, 4.69) is 4.98 Å². The van der Waals surface area contributed by atoms with Crippen LogP contribution in [0.4, 0.5) is 4.39 Å². The minimum Gasteiger partial charge on any atom is -0.334 e. The molecule has 3 heterocycles. The van der Waals surface area contributed by atoms with Gasteiger partial charge in [-0.2, -0.15) is 0 Å². The highest BCUT2D eigenvalue weighted by molar-refractivity contribution is 5.94. The number of nitrogens with one attached hydrogen (secondary N) is 1. The van der Waals surface area contributed by atoms with Crippen molar-refractivity contribution in [2.75, 3.05) is 13.1 Å². The van der Waals surface area contributed by atoms with E-state index in [0.29, 0.717) is 42.2 Å². The van der Waals surface area contributed by atoms with Crippen molar-refractivity contribution in [1.82, 2.24) is 19.8 Å². The maximum Gasteiger partial charge on any atom is 0.256 e. The van der Waals surface area contributed by atoms with Crippen molar-refractivity contribution in [1.29, 1.82) is 0 Å². The van der Waals surface area contributed by atoms with E-state index in [1.165, 1.54) is 24.3 Å². The highest BCUT2D eigenvalue weighted by Crippen LogP contribution is 2.34. The van der Waals surface area contributed by atoms with Crippen LogP contribution in [0, 0.1) is 11.2 Å². The molecule has 2 aromatic rings. The van der Waals surface area contributed by atoms with Gasteiger partial charge in [-0.15, -0.1) is 0 Å². The average Bonchev–Trinajstić information content (AvgIpc) is 3.22. The fraction of sp³-hybridized carbons (Fsp3) is 0.478. The predicted molar refractivity (Wildman–Crippen MR) is 113 cm³/mol. The number of likely N-dealkylation sites (tertiary alicyclic amines) is 1. The van der Waals surface area contributed by atoms with Gasteiger partial charge >= 0.3 is 0 Å². The smallest absolute Gasteiger partial charge is 0.256 e. The molecular weight excluding hydrogens is 399 g/mol. The lowest BCUT2D eigenvalue weighted by molar-refractivity contribution is -0.140. The Morgan fingerprint density at radius 1 is 1.16 bits per heavy atom. The molecule has 1 atom stereocenters. The van der Waals surface area contributed by atoms with Gasteiger partial charge in [-0.25, -0.2) is 9.37 Å². The minimum absolute atomic E-state index is 0.0476. The molecule has 31 heavy (non-hydrogen) atoms. The highest BCUT2D eigenvalue weighted by atomic mass is 19.1. The number of nitrogens with zero attached hydrogens (tertiary/aromatic N) is 3. The van der Waals surface area contributed by atoms with Gasteiger partial charge in [-0.05, 0) is 37.1 Å². The molecule has 1 aromatic heterocycles. The molecule has 7 nitrogen and oxygen atoms in total. The molecule has 1 fully saturated rings. The highest BCUT2D eigenvalue weighted by Gasteiger charge is 2.37. The van der Waals surface area contributed by atoms with E-state index in [1.54, 1.807) is 4.90 Å². The summed E-state index contributed by atoms with van der Waals surface area (Å²) in [5.74, 6) is -0.0740. The number of amides is 2. The van der Waals surface area contributed by atoms with E-state index >= 15 is 0 Å². The first-order valence-corrected chi connectivity index (χ1v) is 10.6. The molecule has 1 saturated heterocycles. The van der Waals surface area contributed by atoms with Crippen LogP contribution in [0.2, 0.25) is 0 Å². The number of hydrogen-bond donors (Lipinski definition) is 1. The minimum atomic E-state index is -0.502. The fourth-order valence-corrected chi connectivity index (χ4v) is 4.28. The number of aromatic nitrogens is 2. The van der Waals surface area contributed by atoms with Crippen molar-refractivity contribution in [2.45, 2.75) is 52.6 Å². The van der Waals surface area contributed by atoms with Crippen LogP contribution < -0.4 is 5.56 Å². The molecule has 1 unspecified atom stereocenters. The Morgan fingerprint density at radius 3 is 2.55 bits per heavy atom. The first-order valence-electron chi connectivity index (χ1n) is 10.6. The van der Waals surface area contributed by atoms with Gasteiger partial charge < -0.3 is 14.8 Å². The zero-order valence-electron chi connectivity index (χ0n) is 18.1. The molecule has 2 amide bonds. The molecule has 2 aliphatic rings. The van der Waals surface area contributed by atoms with Crippen LogP contribution >= 0.6 is 0 Å². The number of aromatic amines is 1. The lowest BCUT2D eigenvalue weighted by Gasteiger charge is -2.31. The van der Waals surface area contributed by atoms with E-state index in [1.807, 2.05) is 25.7 Å². The van der Waals surface area contributed by atoms with Crippen LogP contribution in [0.15, 0.2) is 29.1 Å². The molecule has 8 heteroatoms. The number of carbonyl (C=O) groups is 2. The Kier molecular flexibility index (Phi) is 5.41.